The molecule has 160 valence electrons. The van der Waals surface area contributed by atoms with E-state index in [1.165, 1.54) is 30.1 Å². The Bertz CT molecular complexity index is 1070. The van der Waals surface area contributed by atoms with Gasteiger partial charge in [-0.3, -0.25) is 14.8 Å². The third kappa shape index (κ3) is 4.96. The van der Waals surface area contributed by atoms with E-state index in [1.807, 2.05) is 13.0 Å². The molecule has 2 unspecified atom stereocenters. The number of hydrogen-bond donors (Lipinski definition) is 1. The number of nitrogens with zero attached hydrogens (tertiary/aromatic N) is 5. The predicted octanol–water partition coefficient (Wildman–Crippen LogP) is 3.03. The minimum atomic E-state index is -3.08. The summed E-state index contributed by atoms with van der Waals surface area (Å²) in [7, 11) is 0. The average molecular weight is 442 g/mol. The smallest absolute Gasteiger partial charge is 0.292 e. The molecule has 0 saturated heterocycles. The van der Waals surface area contributed by atoms with Gasteiger partial charge in [-0.1, -0.05) is 53.4 Å². The molecule has 10 heteroatoms. The number of amides is 1. The van der Waals surface area contributed by atoms with Gasteiger partial charge in [0.2, 0.25) is 5.91 Å². The highest BCUT2D eigenvalue weighted by Gasteiger charge is 2.36. The first-order valence-corrected chi connectivity index (χ1v) is 10.6. The van der Waals surface area contributed by atoms with E-state index >= 15 is 0 Å². The number of nitrogens with one attached hydrogen (secondary N) is 1. The van der Waals surface area contributed by atoms with Crippen LogP contribution in [0.2, 0.25) is 0 Å². The van der Waals surface area contributed by atoms with Crippen molar-refractivity contribution in [1.82, 2.24) is 25.3 Å². The molecule has 7 nitrogen and oxygen atoms in total. The van der Waals surface area contributed by atoms with Crippen molar-refractivity contribution in [2.45, 2.75) is 37.2 Å². The summed E-state index contributed by atoms with van der Waals surface area (Å²) in [5.74, 6) is -3.23. The van der Waals surface area contributed by atoms with E-state index in [0.717, 1.165) is 10.2 Å². The molecule has 1 N–H and O–H groups in total. The van der Waals surface area contributed by atoms with Crippen LogP contribution < -0.4 is 5.32 Å². The second-order valence-electron chi connectivity index (χ2n) is 7.16. The maximum atomic E-state index is 14.5. The molecule has 31 heavy (non-hydrogen) atoms. The summed E-state index contributed by atoms with van der Waals surface area (Å²) in [5, 5.41) is 10.8. The minimum absolute atomic E-state index is 0.0846. The first-order chi connectivity index (χ1) is 14.9. The standard InChI is InChI=1S/C21H20F2N6OS/c1-14-18(19(30)25-11-15-6-5-9-24-10-15)31-20(26-14)17-12-29(28-27-17)13-21(22,23)16-7-3-2-4-8-16/h2-10,12,14,18H,11,13H2,1H3,(H,25,30). The fraction of sp³-hybridized carbons (Fsp3) is 0.286. The molecule has 3 aromatic rings. The summed E-state index contributed by atoms with van der Waals surface area (Å²) in [6.07, 6.45) is 4.80. The Hall–Kier alpha value is -3.14. The van der Waals surface area contributed by atoms with Crippen molar-refractivity contribution in [2.24, 2.45) is 4.99 Å². The molecule has 0 fully saturated rings. The zero-order valence-corrected chi connectivity index (χ0v) is 17.5. The number of thioether (sulfide) groups is 1. The van der Waals surface area contributed by atoms with E-state index in [-0.39, 0.29) is 17.5 Å². The fourth-order valence-corrected chi connectivity index (χ4v) is 4.27. The van der Waals surface area contributed by atoms with E-state index in [2.05, 4.69) is 25.6 Å². The van der Waals surface area contributed by atoms with Crippen LogP contribution in [0.25, 0.3) is 0 Å². The molecule has 1 aromatic carbocycles. The van der Waals surface area contributed by atoms with Gasteiger partial charge in [0, 0.05) is 24.5 Å². The van der Waals surface area contributed by atoms with Gasteiger partial charge in [0.05, 0.1) is 12.2 Å². The molecule has 2 atom stereocenters. The Morgan fingerprint density at radius 2 is 2.03 bits per heavy atom. The number of pyridine rings is 1. The molecule has 4 rings (SSSR count). The number of aliphatic imine (C=N–C) groups is 1. The average Bonchev–Trinajstić information content (AvgIpc) is 3.39. The second-order valence-corrected chi connectivity index (χ2v) is 8.29. The van der Waals surface area contributed by atoms with Crippen molar-refractivity contribution in [3.8, 4) is 0 Å². The van der Waals surface area contributed by atoms with Gasteiger partial charge in [0.25, 0.3) is 5.92 Å². The topological polar surface area (TPSA) is 85.1 Å². The third-order valence-corrected chi connectivity index (χ3v) is 6.16. The van der Waals surface area contributed by atoms with Crippen molar-refractivity contribution in [3.63, 3.8) is 0 Å². The highest BCUT2D eigenvalue weighted by Crippen LogP contribution is 2.32. The van der Waals surface area contributed by atoms with Crippen LogP contribution in [-0.4, -0.2) is 42.2 Å². The molecule has 0 bridgehead atoms. The number of carbonyl (C=O) groups is 1. The number of halogens is 2. The number of rotatable bonds is 7. The van der Waals surface area contributed by atoms with Gasteiger partial charge in [0.1, 0.15) is 22.5 Å². The molecule has 1 amide bonds. The summed E-state index contributed by atoms with van der Waals surface area (Å²) >= 11 is 1.26. The van der Waals surface area contributed by atoms with E-state index in [9.17, 15) is 13.6 Å². The summed E-state index contributed by atoms with van der Waals surface area (Å²) in [6.45, 7) is 1.57. The van der Waals surface area contributed by atoms with Gasteiger partial charge >= 0.3 is 0 Å². The van der Waals surface area contributed by atoms with Gasteiger partial charge in [0.15, 0.2) is 0 Å². The zero-order chi connectivity index (χ0) is 21.8. The molecule has 0 aliphatic carbocycles. The summed E-state index contributed by atoms with van der Waals surface area (Å²) in [5.41, 5.74) is 1.19. The van der Waals surface area contributed by atoms with Gasteiger partial charge in [-0.25, -0.2) is 4.68 Å². The van der Waals surface area contributed by atoms with Crippen molar-refractivity contribution in [1.29, 1.82) is 0 Å². The van der Waals surface area contributed by atoms with Crippen LogP contribution in [-0.2, 0) is 23.8 Å². The monoisotopic (exact) mass is 442 g/mol. The van der Waals surface area contributed by atoms with Crippen LogP contribution in [0.4, 0.5) is 8.78 Å². The van der Waals surface area contributed by atoms with Gasteiger partial charge in [-0.15, -0.1) is 5.10 Å². The van der Waals surface area contributed by atoms with Crippen molar-refractivity contribution >= 4 is 22.7 Å². The van der Waals surface area contributed by atoms with E-state index in [1.54, 1.807) is 36.7 Å². The summed E-state index contributed by atoms with van der Waals surface area (Å²) in [6, 6.07) is 11.0. The van der Waals surface area contributed by atoms with Crippen molar-refractivity contribution in [2.75, 3.05) is 0 Å². The molecular formula is C21H20F2N6OS. The maximum absolute atomic E-state index is 14.5. The highest BCUT2D eigenvalue weighted by atomic mass is 32.2. The highest BCUT2D eigenvalue weighted by molar-refractivity contribution is 8.15. The quantitative estimate of drug-likeness (QED) is 0.608. The van der Waals surface area contributed by atoms with Crippen LogP contribution in [0.5, 0.6) is 0 Å². The summed E-state index contributed by atoms with van der Waals surface area (Å²) < 4.78 is 30.1. The number of hydrogen-bond acceptors (Lipinski definition) is 6. The minimum Gasteiger partial charge on any atom is -0.351 e. The molecule has 1 aliphatic heterocycles. The van der Waals surface area contributed by atoms with Gasteiger partial charge in [-0.05, 0) is 18.6 Å². The van der Waals surface area contributed by atoms with Crippen LogP contribution >= 0.6 is 11.8 Å². The number of carbonyl (C=O) groups excluding carboxylic acids is 1. The van der Waals surface area contributed by atoms with Gasteiger partial charge in [-0.2, -0.15) is 8.78 Å². The first kappa shape index (κ1) is 21.1. The van der Waals surface area contributed by atoms with Crippen LogP contribution in [0, 0.1) is 0 Å². The molecular weight excluding hydrogens is 422 g/mol. The van der Waals surface area contributed by atoms with Crippen molar-refractivity contribution < 1.29 is 13.6 Å². The number of alkyl halides is 2. The van der Waals surface area contributed by atoms with Crippen LogP contribution in [0.3, 0.4) is 0 Å². The Balaban J connectivity index is 1.38. The van der Waals surface area contributed by atoms with E-state index in [4.69, 9.17) is 0 Å². The Kier molecular flexibility index (Phi) is 6.08. The first-order valence-electron chi connectivity index (χ1n) is 9.67. The largest absolute Gasteiger partial charge is 0.351 e. The normalized spacial score (nSPS) is 18.6. The summed E-state index contributed by atoms with van der Waals surface area (Å²) in [4.78, 5) is 21.1. The molecule has 0 spiro atoms. The number of benzene rings is 1. The molecule has 2 aromatic heterocycles. The zero-order valence-electron chi connectivity index (χ0n) is 16.7. The second kappa shape index (κ2) is 8.93. The molecule has 3 heterocycles. The van der Waals surface area contributed by atoms with E-state index < -0.39 is 17.7 Å². The fourth-order valence-electron chi connectivity index (χ4n) is 3.14. The Morgan fingerprint density at radius 3 is 2.77 bits per heavy atom. The lowest BCUT2D eigenvalue weighted by molar-refractivity contribution is -0.120. The third-order valence-electron chi connectivity index (χ3n) is 4.76. The van der Waals surface area contributed by atoms with E-state index in [0.29, 0.717) is 17.3 Å². The van der Waals surface area contributed by atoms with Crippen LogP contribution in [0.15, 0.2) is 66.0 Å². The maximum Gasteiger partial charge on any atom is 0.292 e. The lowest BCUT2D eigenvalue weighted by Crippen LogP contribution is -2.36. The SMILES string of the molecule is CC1N=C(c2cn(CC(F)(F)c3ccccc3)nn2)SC1C(=O)NCc1cccnc1. The molecule has 1 aliphatic rings. The molecule has 0 saturated carbocycles. The molecule has 0 radical (unpaired) electrons. The predicted molar refractivity (Wildman–Crippen MR) is 114 cm³/mol. The Labute approximate surface area is 182 Å². The van der Waals surface area contributed by atoms with Crippen LogP contribution in [0.1, 0.15) is 23.7 Å². The lowest BCUT2D eigenvalue weighted by atomic mass is 10.1. The number of aromatic nitrogens is 4. The lowest BCUT2D eigenvalue weighted by Gasteiger charge is -2.16. The Morgan fingerprint density at radius 1 is 1.23 bits per heavy atom. The van der Waals surface area contributed by atoms with Crippen molar-refractivity contribution in [3.05, 3.63) is 77.9 Å². The van der Waals surface area contributed by atoms with Gasteiger partial charge < -0.3 is 5.32 Å².